The van der Waals surface area contributed by atoms with Crippen LogP contribution in [0, 0.1) is 0 Å². The van der Waals surface area contributed by atoms with E-state index in [1.165, 1.54) is 22.8 Å². The van der Waals surface area contributed by atoms with E-state index in [9.17, 15) is 13.2 Å². The number of carbonyl (C=O) groups is 1. The third-order valence-electron chi connectivity index (χ3n) is 5.13. The summed E-state index contributed by atoms with van der Waals surface area (Å²) < 4.78 is 39.0. The van der Waals surface area contributed by atoms with Gasteiger partial charge in [0.1, 0.15) is 4.90 Å². The van der Waals surface area contributed by atoms with E-state index in [4.69, 9.17) is 9.47 Å². The predicted octanol–water partition coefficient (Wildman–Crippen LogP) is 1.04. The van der Waals surface area contributed by atoms with Crippen LogP contribution in [0.4, 0.5) is 4.79 Å². The molecule has 1 spiro atoms. The highest BCUT2D eigenvalue weighted by molar-refractivity contribution is 7.89. The molecule has 4 rings (SSSR count). The normalized spacial score (nSPS) is 22.7. The summed E-state index contributed by atoms with van der Waals surface area (Å²) in [6.07, 6.45) is 2.85. The van der Waals surface area contributed by atoms with Crippen LogP contribution in [0.2, 0.25) is 0 Å². The number of carbonyl (C=O) groups excluding carboxylic acids is 1. The Balaban J connectivity index is 1.43. The van der Waals surface area contributed by atoms with Crippen LogP contribution >= 0.6 is 0 Å². The van der Waals surface area contributed by atoms with Gasteiger partial charge >= 0.3 is 6.03 Å². The summed E-state index contributed by atoms with van der Waals surface area (Å²) >= 11 is 0. The van der Waals surface area contributed by atoms with Gasteiger partial charge in [-0.2, -0.15) is 4.31 Å². The first-order valence-corrected chi connectivity index (χ1v) is 11.2. The highest BCUT2D eigenvalue weighted by Gasteiger charge is 2.46. The van der Waals surface area contributed by atoms with Crippen LogP contribution in [0.3, 0.4) is 0 Å². The zero-order valence-electron chi connectivity index (χ0n) is 16.4. The summed E-state index contributed by atoms with van der Waals surface area (Å²) in [6.45, 7) is 1.62. The molecule has 30 heavy (non-hydrogen) atoms. The molecule has 9 nitrogen and oxygen atoms in total. The molecule has 2 amide bonds. The van der Waals surface area contributed by atoms with Crippen molar-refractivity contribution in [1.82, 2.24) is 19.5 Å². The Labute approximate surface area is 175 Å². The van der Waals surface area contributed by atoms with Crippen LogP contribution in [0.1, 0.15) is 5.56 Å². The van der Waals surface area contributed by atoms with Crippen LogP contribution in [-0.4, -0.2) is 73.8 Å². The second-order valence-corrected chi connectivity index (χ2v) is 9.14. The van der Waals surface area contributed by atoms with E-state index in [-0.39, 0.29) is 43.8 Å². The fourth-order valence-electron chi connectivity index (χ4n) is 3.58. The molecule has 1 atom stereocenters. The van der Waals surface area contributed by atoms with E-state index < -0.39 is 15.8 Å². The second kappa shape index (κ2) is 8.68. The van der Waals surface area contributed by atoms with Crippen LogP contribution in [-0.2, 0) is 26.0 Å². The highest BCUT2D eigenvalue weighted by Crippen LogP contribution is 2.28. The van der Waals surface area contributed by atoms with Gasteiger partial charge in [-0.3, -0.25) is 4.98 Å². The zero-order valence-corrected chi connectivity index (χ0v) is 17.3. The number of hydrogen-bond donors (Lipinski definition) is 1. The number of ether oxygens (including phenoxy) is 2. The molecule has 2 fully saturated rings. The number of nitrogens with zero attached hydrogens (tertiary/aromatic N) is 3. The lowest BCUT2D eigenvalue weighted by Gasteiger charge is -2.46. The quantitative estimate of drug-likeness (QED) is 0.775. The number of sulfonamides is 1. The molecule has 10 heteroatoms. The fraction of sp³-hybridized carbons (Fsp3) is 0.400. The fourth-order valence-corrected chi connectivity index (χ4v) is 5.00. The van der Waals surface area contributed by atoms with Gasteiger partial charge in [-0.15, -0.1) is 0 Å². The number of hydrogen-bond acceptors (Lipinski definition) is 6. The monoisotopic (exact) mass is 432 g/mol. The summed E-state index contributed by atoms with van der Waals surface area (Å²) in [5, 5.41) is 2.89. The predicted molar refractivity (Wildman–Crippen MR) is 108 cm³/mol. The molecule has 0 saturated carbocycles. The first kappa shape index (κ1) is 20.7. The van der Waals surface area contributed by atoms with Gasteiger partial charge in [-0.25, -0.2) is 13.2 Å². The molecular formula is C20H24N4O5S. The summed E-state index contributed by atoms with van der Waals surface area (Å²) in [7, 11) is -3.73. The number of amides is 2. The molecule has 0 aliphatic carbocycles. The molecule has 1 aromatic carbocycles. The number of pyridine rings is 1. The van der Waals surface area contributed by atoms with Crippen molar-refractivity contribution in [3.8, 4) is 0 Å². The van der Waals surface area contributed by atoms with Crippen LogP contribution in [0.15, 0.2) is 59.8 Å². The number of aromatic nitrogens is 1. The minimum atomic E-state index is -3.73. The topological polar surface area (TPSA) is 101 Å². The van der Waals surface area contributed by atoms with E-state index in [0.717, 1.165) is 5.56 Å². The van der Waals surface area contributed by atoms with Crippen LogP contribution < -0.4 is 5.32 Å². The largest absolute Gasteiger partial charge is 0.346 e. The Morgan fingerprint density at radius 2 is 1.83 bits per heavy atom. The molecule has 2 aromatic rings. The maximum atomic E-state index is 13.0. The first-order chi connectivity index (χ1) is 14.5. The molecule has 1 aromatic heterocycles. The van der Waals surface area contributed by atoms with Gasteiger partial charge in [0.05, 0.1) is 26.3 Å². The Morgan fingerprint density at radius 1 is 1.07 bits per heavy atom. The van der Waals surface area contributed by atoms with Gasteiger partial charge < -0.3 is 19.7 Å². The van der Waals surface area contributed by atoms with Crippen LogP contribution in [0.5, 0.6) is 0 Å². The maximum Gasteiger partial charge on any atom is 0.317 e. The molecule has 1 unspecified atom stereocenters. The summed E-state index contributed by atoms with van der Waals surface area (Å²) in [6, 6.07) is 12.5. The molecule has 0 bridgehead atoms. The van der Waals surface area contributed by atoms with Crippen molar-refractivity contribution >= 4 is 16.1 Å². The lowest BCUT2D eigenvalue weighted by atomic mass is 10.2. The van der Waals surface area contributed by atoms with Crippen LogP contribution in [0.25, 0.3) is 0 Å². The van der Waals surface area contributed by atoms with Gasteiger partial charge in [0.2, 0.25) is 10.0 Å². The van der Waals surface area contributed by atoms with Crippen molar-refractivity contribution in [2.45, 2.75) is 17.2 Å². The van der Waals surface area contributed by atoms with Crippen molar-refractivity contribution in [2.75, 3.05) is 39.4 Å². The Morgan fingerprint density at radius 3 is 2.57 bits per heavy atom. The average Bonchev–Trinajstić information content (AvgIpc) is 2.79. The van der Waals surface area contributed by atoms with Gasteiger partial charge in [-0.1, -0.05) is 30.3 Å². The summed E-state index contributed by atoms with van der Waals surface area (Å²) in [5.41, 5.74) is 0.997. The number of morpholine rings is 2. The molecule has 3 heterocycles. The lowest BCUT2D eigenvalue weighted by molar-refractivity contribution is -0.279. The molecular weight excluding hydrogens is 408 g/mol. The van der Waals surface area contributed by atoms with E-state index in [1.807, 2.05) is 30.3 Å². The Kier molecular flexibility index (Phi) is 6.00. The minimum absolute atomic E-state index is 0.00664. The van der Waals surface area contributed by atoms with Gasteiger partial charge in [0, 0.05) is 32.0 Å². The molecule has 2 saturated heterocycles. The first-order valence-electron chi connectivity index (χ1n) is 9.73. The van der Waals surface area contributed by atoms with Crippen molar-refractivity contribution in [3.05, 3.63) is 60.4 Å². The number of rotatable bonds is 4. The van der Waals surface area contributed by atoms with Crippen molar-refractivity contribution < 1.29 is 22.7 Å². The van der Waals surface area contributed by atoms with E-state index in [1.54, 1.807) is 11.0 Å². The number of urea groups is 1. The zero-order chi connectivity index (χ0) is 21.0. The number of nitrogens with one attached hydrogen (secondary N) is 1. The Hall–Kier alpha value is -2.53. The van der Waals surface area contributed by atoms with E-state index in [2.05, 4.69) is 10.3 Å². The standard InChI is InChI=1S/C20H24N4O5S/c25-19(22-13-17-5-2-1-3-6-17)23-9-11-28-20(15-23)16-24(10-12-29-20)30(26,27)18-7-4-8-21-14-18/h1-8,14H,9-13,15-16H2,(H,22,25). The molecule has 2 aliphatic rings. The smallest absolute Gasteiger partial charge is 0.317 e. The van der Waals surface area contributed by atoms with Gasteiger partial charge in [0.25, 0.3) is 0 Å². The molecule has 2 aliphatic heterocycles. The van der Waals surface area contributed by atoms with Crippen molar-refractivity contribution in [3.63, 3.8) is 0 Å². The molecule has 0 radical (unpaired) electrons. The van der Waals surface area contributed by atoms with Gasteiger partial charge in [-0.05, 0) is 17.7 Å². The maximum absolute atomic E-state index is 13.0. The highest BCUT2D eigenvalue weighted by atomic mass is 32.2. The average molecular weight is 433 g/mol. The third-order valence-corrected chi connectivity index (χ3v) is 6.96. The summed E-state index contributed by atoms with van der Waals surface area (Å²) in [5.74, 6) is -1.18. The van der Waals surface area contributed by atoms with E-state index >= 15 is 0 Å². The summed E-state index contributed by atoms with van der Waals surface area (Å²) in [4.78, 5) is 18.3. The Bertz CT molecular complexity index is 969. The SMILES string of the molecule is O=C(NCc1ccccc1)N1CCOC2(C1)CN(S(=O)(=O)c1cccnc1)CCO2. The minimum Gasteiger partial charge on any atom is -0.346 e. The van der Waals surface area contributed by atoms with E-state index in [0.29, 0.717) is 13.1 Å². The number of benzene rings is 1. The third kappa shape index (κ3) is 4.46. The molecule has 160 valence electrons. The lowest BCUT2D eigenvalue weighted by Crippen LogP contribution is -2.64. The van der Waals surface area contributed by atoms with Crippen molar-refractivity contribution in [2.24, 2.45) is 0 Å². The second-order valence-electron chi connectivity index (χ2n) is 7.20. The van der Waals surface area contributed by atoms with Crippen molar-refractivity contribution in [1.29, 1.82) is 0 Å². The van der Waals surface area contributed by atoms with Gasteiger partial charge in [0.15, 0.2) is 5.79 Å². The molecule has 1 N–H and O–H groups in total.